The molecule has 2 atom stereocenters. The zero-order chi connectivity index (χ0) is 10.7. The van der Waals surface area contributed by atoms with Crippen molar-refractivity contribution in [1.29, 1.82) is 0 Å². The lowest BCUT2D eigenvalue weighted by Gasteiger charge is -2.14. The Bertz CT molecular complexity index is 323. The van der Waals surface area contributed by atoms with E-state index in [-0.39, 0.29) is 11.7 Å². The minimum atomic E-state index is -0.804. The minimum absolute atomic E-state index is 0.132. The third-order valence-corrected chi connectivity index (χ3v) is 2.95. The first-order chi connectivity index (χ1) is 7.25. The van der Waals surface area contributed by atoms with Crippen molar-refractivity contribution in [3.8, 4) is 5.75 Å². The minimum Gasteiger partial charge on any atom is -0.508 e. The number of phenolic OH excluding ortho intramolecular Hbond substituents is 1. The van der Waals surface area contributed by atoms with E-state index in [1.807, 2.05) is 6.07 Å². The summed E-state index contributed by atoms with van der Waals surface area (Å²) in [5.74, 6) is 0.344. The van der Waals surface area contributed by atoms with Gasteiger partial charge in [-0.25, -0.2) is 4.39 Å². The molecule has 0 amide bonds. The summed E-state index contributed by atoms with van der Waals surface area (Å²) in [4.78, 5) is 0. The smallest absolute Gasteiger partial charge is 0.115 e. The lowest BCUT2D eigenvalue weighted by atomic mass is 9.96. The standard InChI is InChI=1S/C12H16FNO/c13-12(10-4-5-14-8-10)7-9-2-1-3-11(15)6-9/h1-3,6,10,12,14-15H,4-5,7-8H2. The van der Waals surface area contributed by atoms with Gasteiger partial charge >= 0.3 is 0 Å². The van der Waals surface area contributed by atoms with Gasteiger partial charge in [0.2, 0.25) is 0 Å². The highest BCUT2D eigenvalue weighted by Gasteiger charge is 2.24. The third-order valence-electron chi connectivity index (χ3n) is 2.95. The SMILES string of the molecule is Oc1cccc(CC(F)C2CCNC2)c1. The van der Waals surface area contributed by atoms with Gasteiger partial charge in [0.25, 0.3) is 0 Å². The highest BCUT2D eigenvalue weighted by atomic mass is 19.1. The molecule has 0 bridgehead atoms. The van der Waals surface area contributed by atoms with Crippen LogP contribution in [0.2, 0.25) is 0 Å². The van der Waals surface area contributed by atoms with Crippen LogP contribution in [0.5, 0.6) is 5.75 Å². The molecule has 82 valence electrons. The molecule has 1 aliphatic rings. The number of nitrogens with one attached hydrogen (secondary N) is 1. The van der Waals surface area contributed by atoms with E-state index in [9.17, 15) is 9.50 Å². The van der Waals surface area contributed by atoms with Gasteiger partial charge in [-0.05, 0) is 30.7 Å². The van der Waals surface area contributed by atoms with Gasteiger partial charge in [0.05, 0.1) is 0 Å². The first-order valence-electron chi connectivity index (χ1n) is 5.38. The Labute approximate surface area is 89.1 Å². The van der Waals surface area contributed by atoms with Crippen LogP contribution in [0.4, 0.5) is 4.39 Å². The van der Waals surface area contributed by atoms with Crippen LogP contribution < -0.4 is 5.32 Å². The second-order valence-corrected chi connectivity index (χ2v) is 4.14. The number of benzene rings is 1. The Kier molecular flexibility index (Phi) is 3.21. The fourth-order valence-corrected chi connectivity index (χ4v) is 2.06. The zero-order valence-electron chi connectivity index (χ0n) is 8.62. The molecule has 2 unspecified atom stereocenters. The van der Waals surface area contributed by atoms with Crippen LogP contribution in [0.25, 0.3) is 0 Å². The van der Waals surface area contributed by atoms with E-state index in [0.717, 1.165) is 25.1 Å². The first kappa shape index (κ1) is 10.4. The van der Waals surface area contributed by atoms with Crippen LogP contribution in [0.3, 0.4) is 0 Å². The van der Waals surface area contributed by atoms with Crippen LogP contribution in [0.1, 0.15) is 12.0 Å². The first-order valence-corrected chi connectivity index (χ1v) is 5.38. The van der Waals surface area contributed by atoms with E-state index < -0.39 is 6.17 Å². The van der Waals surface area contributed by atoms with E-state index in [2.05, 4.69) is 5.32 Å². The van der Waals surface area contributed by atoms with Crippen molar-refractivity contribution in [2.45, 2.75) is 19.0 Å². The number of phenols is 1. The molecular formula is C12H16FNO. The summed E-state index contributed by atoms with van der Waals surface area (Å²) >= 11 is 0. The van der Waals surface area contributed by atoms with Crippen molar-refractivity contribution in [3.63, 3.8) is 0 Å². The Morgan fingerprint density at radius 1 is 1.53 bits per heavy atom. The number of alkyl halides is 1. The van der Waals surface area contributed by atoms with Crippen LogP contribution in [0.15, 0.2) is 24.3 Å². The largest absolute Gasteiger partial charge is 0.508 e. The van der Waals surface area contributed by atoms with Gasteiger partial charge < -0.3 is 10.4 Å². The molecule has 1 aromatic rings. The summed E-state index contributed by atoms with van der Waals surface area (Å²) in [5.41, 5.74) is 0.870. The van der Waals surface area contributed by atoms with E-state index in [4.69, 9.17) is 0 Å². The fourth-order valence-electron chi connectivity index (χ4n) is 2.06. The third kappa shape index (κ3) is 2.69. The van der Waals surface area contributed by atoms with Crippen LogP contribution in [-0.2, 0) is 6.42 Å². The van der Waals surface area contributed by atoms with Crippen molar-refractivity contribution < 1.29 is 9.50 Å². The van der Waals surface area contributed by atoms with Crippen molar-refractivity contribution in [3.05, 3.63) is 29.8 Å². The van der Waals surface area contributed by atoms with E-state index >= 15 is 0 Å². The number of halogens is 1. The van der Waals surface area contributed by atoms with Crippen molar-refractivity contribution in [2.75, 3.05) is 13.1 Å². The van der Waals surface area contributed by atoms with Gasteiger partial charge in [0.15, 0.2) is 0 Å². The number of hydrogen-bond donors (Lipinski definition) is 2. The van der Waals surface area contributed by atoms with Gasteiger partial charge in [0.1, 0.15) is 11.9 Å². The van der Waals surface area contributed by atoms with Crippen molar-refractivity contribution >= 4 is 0 Å². The molecule has 0 aromatic heterocycles. The number of aromatic hydroxyl groups is 1. The molecule has 1 aromatic carbocycles. The average molecular weight is 209 g/mol. The molecule has 1 aliphatic heterocycles. The second kappa shape index (κ2) is 4.62. The number of hydrogen-bond acceptors (Lipinski definition) is 2. The second-order valence-electron chi connectivity index (χ2n) is 4.14. The Balaban J connectivity index is 1.95. The molecule has 0 aliphatic carbocycles. The van der Waals surface area contributed by atoms with Gasteiger partial charge in [-0.3, -0.25) is 0 Å². The molecule has 3 heteroatoms. The van der Waals surface area contributed by atoms with Crippen LogP contribution in [0, 0.1) is 5.92 Å². The van der Waals surface area contributed by atoms with Crippen molar-refractivity contribution in [2.24, 2.45) is 5.92 Å². The number of rotatable bonds is 3. The van der Waals surface area contributed by atoms with Gasteiger partial charge in [-0.2, -0.15) is 0 Å². The highest BCUT2D eigenvalue weighted by Crippen LogP contribution is 2.21. The van der Waals surface area contributed by atoms with Gasteiger partial charge in [0, 0.05) is 18.9 Å². The summed E-state index contributed by atoms with van der Waals surface area (Å²) in [6, 6.07) is 6.85. The molecule has 0 spiro atoms. The monoisotopic (exact) mass is 209 g/mol. The Hall–Kier alpha value is -1.09. The summed E-state index contributed by atoms with van der Waals surface area (Å²) in [6.45, 7) is 1.70. The maximum Gasteiger partial charge on any atom is 0.115 e. The lowest BCUT2D eigenvalue weighted by Crippen LogP contribution is -2.21. The van der Waals surface area contributed by atoms with Crippen LogP contribution in [-0.4, -0.2) is 24.4 Å². The molecule has 0 saturated carbocycles. The van der Waals surface area contributed by atoms with Gasteiger partial charge in [-0.1, -0.05) is 12.1 Å². The van der Waals surface area contributed by atoms with E-state index in [1.54, 1.807) is 18.2 Å². The van der Waals surface area contributed by atoms with Crippen molar-refractivity contribution in [1.82, 2.24) is 5.32 Å². The molecule has 1 saturated heterocycles. The topological polar surface area (TPSA) is 32.3 Å². The maximum atomic E-state index is 13.8. The van der Waals surface area contributed by atoms with Gasteiger partial charge in [-0.15, -0.1) is 0 Å². The quantitative estimate of drug-likeness (QED) is 0.796. The summed E-state index contributed by atoms with van der Waals surface area (Å²) in [6.07, 6.45) is 0.516. The predicted octanol–water partition coefficient (Wildman–Crippen LogP) is 1.88. The molecule has 2 rings (SSSR count). The predicted molar refractivity (Wildman–Crippen MR) is 57.7 cm³/mol. The molecule has 2 nitrogen and oxygen atoms in total. The lowest BCUT2D eigenvalue weighted by molar-refractivity contribution is 0.239. The maximum absolute atomic E-state index is 13.8. The summed E-state index contributed by atoms with van der Waals surface area (Å²) < 4.78 is 13.8. The average Bonchev–Trinajstić information content (AvgIpc) is 2.70. The zero-order valence-corrected chi connectivity index (χ0v) is 8.62. The van der Waals surface area contributed by atoms with E-state index in [1.165, 1.54) is 0 Å². The Morgan fingerprint density at radius 2 is 2.40 bits per heavy atom. The molecule has 1 fully saturated rings. The fraction of sp³-hybridized carbons (Fsp3) is 0.500. The molecular weight excluding hydrogens is 193 g/mol. The molecule has 2 N–H and O–H groups in total. The normalized spacial score (nSPS) is 22.9. The summed E-state index contributed by atoms with van der Waals surface area (Å²) in [7, 11) is 0. The molecule has 15 heavy (non-hydrogen) atoms. The molecule has 0 radical (unpaired) electrons. The highest BCUT2D eigenvalue weighted by molar-refractivity contribution is 5.27. The summed E-state index contributed by atoms with van der Waals surface area (Å²) in [5, 5.41) is 12.4. The Morgan fingerprint density at radius 3 is 3.07 bits per heavy atom. The molecule has 1 heterocycles. The van der Waals surface area contributed by atoms with E-state index in [0.29, 0.717) is 6.42 Å². The van der Waals surface area contributed by atoms with Crippen LogP contribution >= 0.6 is 0 Å².